The van der Waals surface area contributed by atoms with Gasteiger partial charge in [0, 0.05) is 31.1 Å². The second-order valence-electron chi connectivity index (χ2n) is 7.12. The number of hydrogen-bond acceptors (Lipinski definition) is 7. The van der Waals surface area contributed by atoms with Crippen molar-refractivity contribution in [3.63, 3.8) is 0 Å². The fraction of sp³-hybridized carbons (Fsp3) is 0.333. The molecule has 0 fully saturated rings. The number of benzene rings is 2. The predicted molar refractivity (Wildman–Crippen MR) is 119 cm³/mol. The molecular formula is C21H23N3O5S2. The van der Waals surface area contributed by atoms with Gasteiger partial charge in [0.05, 0.1) is 33.3 Å². The number of aryl methyl sites for hydroxylation is 1. The van der Waals surface area contributed by atoms with E-state index in [1.165, 1.54) is 12.1 Å². The molecule has 10 heteroatoms. The van der Waals surface area contributed by atoms with Gasteiger partial charge in [-0.05, 0) is 43.7 Å². The number of carbonyl (C=O) groups is 1. The van der Waals surface area contributed by atoms with Gasteiger partial charge in [0.2, 0.25) is 15.9 Å². The fourth-order valence-corrected chi connectivity index (χ4v) is 5.15. The Hall–Kier alpha value is -2.69. The van der Waals surface area contributed by atoms with Crippen molar-refractivity contribution in [3.8, 4) is 11.5 Å². The van der Waals surface area contributed by atoms with Gasteiger partial charge in [0.15, 0.2) is 11.5 Å². The van der Waals surface area contributed by atoms with E-state index in [0.717, 1.165) is 21.6 Å². The molecule has 0 atom stereocenters. The minimum atomic E-state index is -3.71. The van der Waals surface area contributed by atoms with Crippen molar-refractivity contribution in [1.82, 2.24) is 9.71 Å². The van der Waals surface area contributed by atoms with Crippen LogP contribution < -0.4 is 19.5 Å². The summed E-state index contributed by atoms with van der Waals surface area (Å²) in [7, 11) is -3.71. The van der Waals surface area contributed by atoms with Crippen LogP contribution in [0.5, 0.6) is 11.5 Å². The van der Waals surface area contributed by atoms with Gasteiger partial charge in [-0.2, -0.15) is 0 Å². The number of hydrogen-bond donors (Lipinski definition) is 2. The van der Waals surface area contributed by atoms with E-state index < -0.39 is 10.0 Å². The second-order valence-corrected chi connectivity index (χ2v) is 10.1. The monoisotopic (exact) mass is 461 g/mol. The first-order valence-electron chi connectivity index (χ1n) is 9.97. The highest BCUT2D eigenvalue weighted by molar-refractivity contribution is 7.89. The van der Waals surface area contributed by atoms with Crippen molar-refractivity contribution < 1.29 is 22.7 Å². The van der Waals surface area contributed by atoms with Gasteiger partial charge < -0.3 is 14.8 Å². The van der Waals surface area contributed by atoms with E-state index in [4.69, 9.17) is 9.47 Å². The maximum absolute atomic E-state index is 12.6. The first kappa shape index (κ1) is 21.5. The molecule has 0 unspecified atom stereocenters. The zero-order chi connectivity index (χ0) is 21.8. The number of ether oxygens (including phenoxy) is 2. The summed E-state index contributed by atoms with van der Waals surface area (Å²) in [6.07, 6.45) is 1.32. The number of nitrogens with one attached hydrogen (secondary N) is 2. The minimum absolute atomic E-state index is 0.106. The molecule has 1 aliphatic heterocycles. The van der Waals surface area contributed by atoms with Crippen LogP contribution in [0, 0.1) is 6.92 Å². The smallest absolute Gasteiger partial charge is 0.240 e. The highest BCUT2D eigenvalue weighted by atomic mass is 32.2. The summed E-state index contributed by atoms with van der Waals surface area (Å²) in [5.41, 5.74) is 1.61. The molecule has 4 rings (SSSR count). The van der Waals surface area contributed by atoms with Gasteiger partial charge >= 0.3 is 0 Å². The number of rotatable bonds is 7. The zero-order valence-corrected chi connectivity index (χ0v) is 18.6. The van der Waals surface area contributed by atoms with E-state index in [2.05, 4.69) is 15.0 Å². The molecular weight excluding hydrogens is 438 g/mol. The predicted octanol–water partition coefficient (Wildman–Crippen LogP) is 3.46. The van der Waals surface area contributed by atoms with Crippen LogP contribution in [0.1, 0.15) is 24.3 Å². The third kappa shape index (κ3) is 5.33. The molecule has 164 valence electrons. The van der Waals surface area contributed by atoms with Crippen LogP contribution >= 0.6 is 11.3 Å². The van der Waals surface area contributed by atoms with Gasteiger partial charge in [-0.1, -0.05) is 0 Å². The lowest BCUT2D eigenvalue weighted by atomic mass is 10.2. The Balaban J connectivity index is 1.28. The maximum Gasteiger partial charge on any atom is 0.240 e. The normalized spacial score (nSPS) is 13.7. The lowest BCUT2D eigenvalue weighted by Crippen LogP contribution is -2.25. The van der Waals surface area contributed by atoms with E-state index in [-0.39, 0.29) is 23.8 Å². The Bertz CT molecular complexity index is 1210. The van der Waals surface area contributed by atoms with Gasteiger partial charge in [0.1, 0.15) is 0 Å². The third-order valence-electron chi connectivity index (χ3n) is 4.68. The average molecular weight is 462 g/mol. The van der Waals surface area contributed by atoms with Gasteiger partial charge in [0.25, 0.3) is 0 Å². The molecule has 2 N–H and O–H groups in total. The summed E-state index contributed by atoms with van der Waals surface area (Å²) in [5.74, 6) is 0.794. The van der Waals surface area contributed by atoms with E-state index >= 15 is 0 Å². The average Bonchev–Trinajstić information content (AvgIpc) is 2.94. The van der Waals surface area contributed by atoms with Gasteiger partial charge in [-0.3, -0.25) is 4.79 Å². The molecule has 0 spiro atoms. The van der Waals surface area contributed by atoms with Crippen LogP contribution in [0.2, 0.25) is 0 Å². The first-order valence-corrected chi connectivity index (χ1v) is 12.3. The van der Waals surface area contributed by atoms with Crippen LogP contribution in [0.3, 0.4) is 0 Å². The molecule has 3 aromatic rings. The summed E-state index contributed by atoms with van der Waals surface area (Å²) >= 11 is 1.57. The maximum atomic E-state index is 12.6. The SMILES string of the molecule is Cc1nc2ccc(NC(=O)CCCNS(=O)(=O)c3ccc4c(c3)OCCCO4)cc2s1. The Morgan fingerprint density at radius 1 is 1.13 bits per heavy atom. The number of nitrogens with zero attached hydrogens (tertiary/aromatic N) is 1. The van der Waals surface area contributed by atoms with E-state index in [1.54, 1.807) is 17.4 Å². The van der Waals surface area contributed by atoms with Crippen molar-refractivity contribution in [2.75, 3.05) is 25.1 Å². The van der Waals surface area contributed by atoms with Gasteiger partial charge in [-0.15, -0.1) is 11.3 Å². The number of aromatic nitrogens is 1. The standard InChI is InChI=1S/C21H23N3O5S2/c1-14-23-17-7-5-15(12-20(17)30-14)24-21(25)4-2-9-22-31(26,27)16-6-8-18-19(13-16)29-11-3-10-28-18/h5-8,12-13,22H,2-4,9-11H2,1H3,(H,24,25). The molecule has 1 aromatic heterocycles. The largest absolute Gasteiger partial charge is 0.490 e. The number of amides is 1. The third-order valence-corrected chi connectivity index (χ3v) is 7.07. The summed E-state index contributed by atoms with van der Waals surface area (Å²) < 4.78 is 39.7. The molecule has 8 nitrogen and oxygen atoms in total. The first-order chi connectivity index (χ1) is 14.9. The highest BCUT2D eigenvalue weighted by Crippen LogP contribution is 2.31. The molecule has 1 aliphatic rings. The number of thiazole rings is 1. The molecule has 0 radical (unpaired) electrons. The summed E-state index contributed by atoms with van der Waals surface area (Å²) in [6.45, 7) is 3.11. The highest BCUT2D eigenvalue weighted by Gasteiger charge is 2.18. The van der Waals surface area contributed by atoms with Crippen LogP contribution in [0.4, 0.5) is 5.69 Å². The molecule has 2 aromatic carbocycles. The Morgan fingerprint density at radius 3 is 2.77 bits per heavy atom. The zero-order valence-electron chi connectivity index (χ0n) is 17.0. The van der Waals surface area contributed by atoms with Crippen molar-refractivity contribution in [1.29, 1.82) is 0 Å². The van der Waals surface area contributed by atoms with Crippen LogP contribution in [-0.4, -0.2) is 39.1 Å². The number of carbonyl (C=O) groups excluding carboxylic acids is 1. The number of sulfonamides is 1. The van der Waals surface area contributed by atoms with Crippen LogP contribution in [-0.2, 0) is 14.8 Å². The quantitative estimate of drug-likeness (QED) is 0.522. The lowest BCUT2D eigenvalue weighted by molar-refractivity contribution is -0.116. The second kappa shape index (κ2) is 9.21. The van der Waals surface area contributed by atoms with Crippen LogP contribution in [0.15, 0.2) is 41.3 Å². The molecule has 1 amide bonds. The minimum Gasteiger partial charge on any atom is -0.490 e. The summed E-state index contributed by atoms with van der Waals surface area (Å²) in [4.78, 5) is 16.7. The van der Waals surface area contributed by atoms with E-state index in [9.17, 15) is 13.2 Å². The molecule has 2 heterocycles. The molecule has 0 aliphatic carbocycles. The Kier molecular flexibility index (Phi) is 6.40. The number of fused-ring (bicyclic) bond motifs is 2. The van der Waals surface area contributed by atoms with Crippen molar-refractivity contribution >= 4 is 43.2 Å². The van der Waals surface area contributed by atoms with Crippen LogP contribution in [0.25, 0.3) is 10.2 Å². The van der Waals surface area contributed by atoms with E-state index in [1.807, 2.05) is 25.1 Å². The molecule has 0 bridgehead atoms. The van der Waals surface area contributed by atoms with Crippen molar-refractivity contribution in [2.24, 2.45) is 0 Å². The number of anilines is 1. The summed E-state index contributed by atoms with van der Waals surface area (Å²) in [5, 5.41) is 3.82. The molecule has 0 saturated heterocycles. The molecule has 0 saturated carbocycles. The summed E-state index contributed by atoms with van der Waals surface area (Å²) in [6, 6.07) is 10.1. The molecule has 31 heavy (non-hydrogen) atoms. The fourth-order valence-electron chi connectivity index (χ4n) is 3.19. The van der Waals surface area contributed by atoms with Crippen molar-refractivity contribution in [3.05, 3.63) is 41.4 Å². The Morgan fingerprint density at radius 2 is 1.94 bits per heavy atom. The topological polar surface area (TPSA) is 107 Å². The van der Waals surface area contributed by atoms with E-state index in [0.29, 0.717) is 36.8 Å². The van der Waals surface area contributed by atoms with Gasteiger partial charge in [-0.25, -0.2) is 18.1 Å². The lowest BCUT2D eigenvalue weighted by Gasteiger charge is -2.11. The Labute approximate surface area is 184 Å². The van der Waals surface area contributed by atoms with Crippen molar-refractivity contribution in [2.45, 2.75) is 31.1 Å².